The maximum Gasteiger partial charge on any atom is 0.330 e. The number of hydrogen-bond donors (Lipinski definition) is 1. The van der Waals surface area contributed by atoms with Gasteiger partial charge in [0.25, 0.3) is 0 Å². The Hall–Kier alpha value is -1.06. The molecule has 1 unspecified atom stereocenters. The minimum atomic E-state index is -0.929. The first kappa shape index (κ1) is 14.0. The van der Waals surface area contributed by atoms with Crippen molar-refractivity contribution in [2.45, 2.75) is 32.4 Å². The second-order valence-electron chi connectivity index (χ2n) is 4.40. The fourth-order valence-electron chi connectivity index (χ4n) is 1.89. The van der Waals surface area contributed by atoms with Gasteiger partial charge in [0.2, 0.25) is 0 Å². The van der Waals surface area contributed by atoms with Crippen LogP contribution in [0.2, 0.25) is 5.02 Å². The summed E-state index contributed by atoms with van der Waals surface area (Å²) >= 11 is 6.15. The summed E-state index contributed by atoms with van der Waals surface area (Å²) < 4.78 is 4.87. The van der Waals surface area contributed by atoms with Crippen molar-refractivity contribution in [1.82, 2.24) is 5.32 Å². The molecule has 0 aliphatic carbocycles. The van der Waals surface area contributed by atoms with E-state index in [9.17, 15) is 4.79 Å². The van der Waals surface area contributed by atoms with Gasteiger partial charge >= 0.3 is 5.97 Å². The Labute approximate surface area is 107 Å². The summed E-state index contributed by atoms with van der Waals surface area (Å²) in [6, 6.07) is 7.41. The Morgan fingerprint density at radius 2 is 2.00 bits per heavy atom. The predicted molar refractivity (Wildman–Crippen MR) is 69.1 cm³/mol. The second kappa shape index (κ2) is 5.52. The summed E-state index contributed by atoms with van der Waals surface area (Å²) in [4.78, 5) is 12.0. The van der Waals surface area contributed by atoms with E-state index in [-0.39, 0.29) is 12.0 Å². The lowest BCUT2D eigenvalue weighted by molar-refractivity contribution is -0.148. The molecule has 0 saturated carbocycles. The van der Waals surface area contributed by atoms with E-state index in [2.05, 4.69) is 5.32 Å². The van der Waals surface area contributed by atoms with Crippen molar-refractivity contribution < 1.29 is 9.53 Å². The van der Waals surface area contributed by atoms with Crippen LogP contribution in [0.15, 0.2) is 24.3 Å². The minimum absolute atomic E-state index is 0.135. The monoisotopic (exact) mass is 255 g/mol. The van der Waals surface area contributed by atoms with Gasteiger partial charge in [0.05, 0.1) is 7.11 Å². The standard InChI is InChI=1S/C13H18ClNO2/c1-9(2)15-13(3,12(16)17-4)10-7-5-6-8-11(10)14/h5-9,15H,1-4H3. The molecule has 0 aliphatic heterocycles. The van der Waals surface area contributed by atoms with Crippen molar-refractivity contribution in [3.8, 4) is 0 Å². The molecule has 17 heavy (non-hydrogen) atoms. The van der Waals surface area contributed by atoms with E-state index in [0.29, 0.717) is 5.02 Å². The maximum atomic E-state index is 12.0. The van der Waals surface area contributed by atoms with Crippen molar-refractivity contribution in [2.75, 3.05) is 7.11 Å². The molecule has 94 valence electrons. The number of rotatable bonds is 4. The highest BCUT2D eigenvalue weighted by Gasteiger charge is 2.38. The summed E-state index contributed by atoms with van der Waals surface area (Å²) in [6.45, 7) is 5.72. The lowest BCUT2D eigenvalue weighted by Crippen LogP contribution is -2.50. The van der Waals surface area contributed by atoms with Crippen molar-refractivity contribution in [3.63, 3.8) is 0 Å². The molecular formula is C13H18ClNO2. The zero-order chi connectivity index (χ0) is 13.1. The fraction of sp³-hybridized carbons (Fsp3) is 0.462. The van der Waals surface area contributed by atoms with Gasteiger partial charge in [0, 0.05) is 16.6 Å². The smallest absolute Gasteiger partial charge is 0.330 e. The zero-order valence-electron chi connectivity index (χ0n) is 10.6. The molecule has 1 aromatic carbocycles. The molecular weight excluding hydrogens is 238 g/mol. The van der Waals surface area contributed by atoms with Gasteiger partial charge in [-0.1, -0.05) is 29.8 Å². The summed E-state index contributed by atoms with van der Waals surface area (Å²) in [5, 5.41) is 3.75. The fourth-order valence-corrected chi connectivity index (χ4v) is 2.22. The number of halogens is 1. The highest BCUT2D eigenvalue weighted by molar-refractivity contribution is 6.31. The highest BCUT2D eigenvalue weighted by Crippen LogP contribution is 2.29. The predicted octanol–water partition coefficient (Wildman–Crippen LogP) is 2.73. The first-order chi connectivity index (χ1) is 7.91. The lowest BCUT2D eigenvalue weighted by atomic mass is 9.91. The molecule has 0 bridgehead atoms. The van der Waals surface area contributed by atoms with Crippen molar-refractivity contribution in [3.05, 3.63) is 34.9 Å². The zero-order valence-corrected chi connectivity index (χ0v) is 11.3. The van der Waals surface area contributed by atoms with Crippen LogP contribution in [0.1, 0.15) is 26.3 Å². The quantitative estimate of drug-likeness (QED) is 0.841. The van der Waals surface area contributed by atoms with Gasteiger partial charge in [-0.05, 0) is 26.8 Å². The third-order valence-electron chi connectivity index (χ3n) is 2.58. The average molecular weight is 256 g/mol. The molecule has 0 saturated heterocycles. The van der Waals surface area contributed by atoms with Crippen molar-refractivity contribution in [1.29, 1.82) is 0 Å². The molecule has 0 heterocycles. The van der Waals surface area contributed by atoms with Crippen molar-refractivity contribution >= 4 is 17.6 Å². The van der Waals surface area contributed by atoms with E-state index in [4.69, 9.17) is 16.3 Å². The molecule has 0 aliphatic rings. The Balaban J connectivity index is 3.24. The molecule has 0 fully saturated rings. The van der Waals surface area contributed by atoms with E-state index in [1.807, 2.05) is 32.0 Å². The number of methoxy groups -OCH3 is 1. The summed E-state index contributed by atoms with van der Waals surface area (Å²) in [5.74, 6) is -0.348. The molecule has 0 radical (unpaired) electrons. The van der Waals surface area contributed by atoms with Crippen LogP contribution in [0.4, 0.5) is 0 Å². The third kappa shape index (κ3) is 2.99. The molecule has 1 atom stereocenters. The summed E-state index contributed by atoms with van der Waals surface area (Å²) in [5.41, 5.74) is -0.205. The molecule has 0 amide bonds. The van der Waals surface area contributed by atoms with Crippen LogP contribution in [-0.2, 0) is 15.1 Å². The van der Waals surface area contributed by atoms with Gasteiger partial charge in [-0.2, -0.15) is 0 Å². The van der Waals surface area contributed by atoms with Gasteiger partial charge in [0.1, 0.15) is 5.54 Å². The van der Waals surface area contributed by atoms with E-state index in [1.165, 1.54) is 7.11 Å². The maximum absolute atomic E-state index is 12.0. The van der Waals surface area contributed by atoms with E-state index in [0.717, 1.165) is 5.56 Å². The van der Waals surface area contributed by atoms with Gasteiger partial charge in [-0.3, -0.25) is 5.32 Å². The van der Waals surface area contributed by atoms with Crippen LogP contribution in [0.5, 0.6) is 0 Å². The van der Waals surface area contributed by atoms with Gasteiger partial charge in [-0.15, -0.1) is 0 Å². The third-order valence-corrected chi connectivity index (χ3v) is 2.91. The van der Waals surface area contributed by atoms with Gasteiger partial charge in [-0.25, -0.2) is 4.79 Å². The molecule has 0 spiro atoms. The number of nitrogens with one attached hydrogen (secondary N) is 1. The molecule has 1 N–H and O–H groups in total. The Morgan fingerprint density at radius 1 is 1.41 bits per heavy atom. The first-order valence-corrected chi connectivity index (χ1v) is 5.90. The van der Waals surface area contributed by atoms with E-state index < -0.39 is 5.54 Å². The number of carbonyl (C=O) groups excluding carboxylic acids is 1. The number of carbonyl (C=O) groups is 1. The Bertz CT molecular complexity index is 406. The van der Waals surface area contributed by atoms with Crippen LogP contribution < -0.4 is 5.32 Å². The normalized spacial score (nSPS) is 14.5. The Kier molecular flexibility index (Phi) is 4.54. The average Bonchev–Trinajstić information content (AvgIpc) is 2.27. The molecule has 0 aromatic heterocycles. The minimum Gasteiger partial charge on any atom is -0.467 e. The van der Waals surface area contributed by atoms with Gasteiger partial charge < -0.3 is 4.74 Å². The number of ether oxygens (including phenoxy) is 1. The van der Waals surface area contributed by atoms with Crippen LogP contribution in [-0.4, -0.2) is 19.1 Å². The molecule has 3 nitrogen and oxygen atoms in total. The number of esters is 1. The van der Waals surface area contributed by atoms with Crippen LogP contribution >= 0.6 is 11.6 Å². The SMILES string of the molecule is COC(=O)C(C)(NC(C)C)c1ccccc1Cl. The summed E-state index contributed by atoms with van der Waals surface area (Å²) in [7, 11) is 1.37. The van der Waals surface area contributed by atoms with E-state index in [1.54, 1.807) is 13.0 Å². The topological polar surface area (TPSA) is 38.3 Å². The highest BCUT2D eigenvalue weighted by atomic mass is 35.5. The molecule has 1 aromatic rings. The lowest BCUT2D eigenvalue weighted by Gasteiger charge is -2.31. The van der Waals surface area contributed by atoms with E-state index >= 15 is 0 Å². The van der Waals surface area contributed by atoms with Crippen LogP contribution in [0.3, 0.4) is 0 Å². The summed E-state index contributed by atoms with van der Waals surface area (Å²) in [6.07, 6.45) is 0. The number of hydrogen-bond acceptors (Lipinski definition) is 3. The first-order valence-electron chi connectivity index (χ1n) is 5.53. The second-order valence-corrected chi connectivity index (χ2v) is 4.80. The molecule has 1 rings (SSSR count). The molecule has 4 heteroatoms. The van der Waals surface area contributed by atoms with Crippen LogP contribution in [0, 0.1) is 0 Å². The van der Waals surface area contributed by atoms with Crippen molar-refractivity contribution in [2.24, 2.45) is 0 Å². The van der Waals surface area contributed by atoms with Crippen LogP contribution in [0.25, 0.3) is 0 Å². The van der Waals surface area contributed by atoms with Gasteiger partial charge in [0.15, 0.2) is 0 Å². The Morgan fingerprint density at radius 3 is 2.47 bits per heavy atom. The number of benzene rings is 1. The largest absolute Gasteiger partial charge is 0.467 e.